The van der Waals surface area contributed by atoms with Crippen molar-refractivity contribution >= 4 is 11.4 Å². The third-order valence-electron chi connectivity index (χ3n) is 1.50. The van der Waals surface area contributed by atoms with Gasteiger partial charge in [-0.1, -0.05) is 0 Å². The van der Waals surface area contributed by atoms with Crippen LogP contribution in [0.2, 0.25) is 0 Å². The molecule has 4 N–H and O–H groups in total. The maximum Gasteiger partial charge on any atom is 0.146 e. The van der Waals surface area contributed by atoms with Gasteiger partial charge >= 0.3 is 0 Å². The highest BCUT2D eigenvalue weighted by Gasteiger charge is 2.02. The van der Waals surface area contributed by atoms with Crippen LogP contribution in [0.3, 0.4) is 0 Å². The predicted octanol–water partition coefficient (Wildman–Crippen LogP) is 1.30. The number of nitrogen functional groups attached to an aromatic ring is 2. The molecule has 0 saturated carbocycles. The summed E-state index contributed by atoms with van der Waals surface area (Å²) in [6.45, 7) is 1.69. The number of rotatable bonds is 0. The molecule has 0 saturated heterocycles. The summed E-state index contributed by atoms with van der Waals surface area (Å²) in [4.78, 5) is 0. The van der Waals surface area contributed by atoms with Crippen molar-refractivity contribution in [2.24, 2.45) is 0 Å². The van der Waals surface area contributed by atoms with Crippen molar-refractivity contribution in [3.63, 3.8) is 0 Å². The Morgan fingerprint density at radius 1 is 1.30 bits per heavy atom. The molecule has 0 aliphatic rings. The van der Waals surface area contributed by atoms with Crippen molar-refractivity contribution in [3.05, 3.63) is 23.5 Å². The molecule has 3 heteroatoms. The van der Waals surface area contributed by atoms with Crippen LogP contribution in [0, 0.1) is 12.7 Å². The maximum atomic E-state index is 12.6. The van der Waals surface area contributed by atoms with E-state index < -0.39 is 5.82 Å². The lowest BCUT2D eigenvalue weighted by Crippen LogP contribution is -1.98. The molecule has 0 aliphatic carbocycles. The molecule has 0 aliphatic heterocycles. The largest absolute Gasteiger partial charge is 0.398 e. The summed E-state index contributed by atoms with van der Waals surface area (Å²) < 4.78 is 12.6. The molecule has 0 unspecified atom stereocenters. The van der Waals surface area contributed by atoms with E-state index in [0.717, 1.165) is 0 Å². The maximum absolute atomic E-state index is 12.6. The smallest absolute Gasteiger partial charge is 0.146 e. The van der Waals surface area contributed by atoms with Gasteiger partial charge in [-0.05, 0) is 24.6 Å². The van der Waals surface area contributed by atoms with Crippen molar-refractivity contribution < 1.29 is 4.39 Å². The summed E-state index contributed by atoms with van der Waals surface area (Å²) in [5.41, 5.74) is 12.0. The lowest BCUT2D eigenvalue weighted by atomic mass is 10.1. The summed E-state index contributed by atoms with van der Waals surface area (Å²) in [7, 11) is 0. The molecule has 0 heterocycles. The minimum Gasteiger partial charge on any atom is -0.398 e. The Labute approximate surface area is 58.6 Å². The number of nitrogens with two attached hydrogens (primary N) is 2. The van der Waals surface area contributed by atoms with Crippen molar-refractivity contribution in [2.45, 2.75) is 6.92 Å². The lowest BCUT2D eigenvalue weighted by Gasteiger charge is -2.03. The van der Waals surface area contributed by atoms with Crippen molar-refractivity contribution in [2.75, 3.05) is 11.5 Å². The first-order chi connectivity index (χ1) is 4.63. The first-order valence-corrected chi connectivity index (χ1v) is 2.93. The van der Waals surface area contributed by atoms with Gasteiger partial charge in [0.05, 0.1) is 5.69 Å². The molecule has 0 fully saturated rings. The van der Waals surface area contributed by atoms with E-state index in [-0.39, 0.29) is 5.69 Å². The Morgan fingerprint density at radius 2 is 1.90 bits per heavy atom. The Balaban J connectivity index is 3.34. The molecule has 1 aromatic rings. The van der Waals surface area contributed by atoms with Gasteiger partial charge in [-0.25, -0.2) is 4.39 Å². The molecule has 54 valence electrons. The zero-order valence-electron chi connectivity index (χ0n) is 5.69. The second-order valence-corrected chi connectivity index (χ2v) is 2.18. The van der Waals surface area contributed by atoms with Crippen molar-refractivity contribution in [1.82, 2.24) is 0 Å². The molecular weight excluding hydrogens is 131 g/mol. The fourth-order valence-electron chi connectivity index (χ4n) is 0.712. The minimum atomic E-state index is -0.410. The number of hydrogen-bond acceptors (Lipinski definition) is 2. The Morgan fingerprint density at radius 3 is 2.40 bits per heavy atom. The van der Waals surface area contributed by atoms with E-state index in [1.165, 1.54) is 12.1 Å². The third-order valence-corrected chi connectivity index (χ3v) is 1.50. The van der Waals surface area contributed by atoms with Crippen LogP contribution in [-0.2, 0) is 0 Å². The molecule has 0 radical (unpaired) electrons. The number of anilines is 2. The fourth-order valence-corrected chi connectivity index (χ4v) is 0.712. The summed E-state index contributed by atoms with van der Waals surface area (Å²) in [6, 6.07) is 2.76. The Kier molecular flexibility index (Phi) is 1.49. The SMILES string of the molecule is Cc1c(N)ccc(F)c1N. The van der Waals surface area contributed by atoms with Crippen LogP contribution in [0.5, 0.6) is 0 Å². The standard InChI is InChI=1S/C7H9FN2/c1-4-6(9)3-2-5(8)7(4)10/h2-3H,9-10H2,1H3. The second-order valence-electron chi connectivity index (χ2n) is 2.18. The average molecular weight is 140 g/mol. The highest BCUT2D eigenvalue weighted by Crippen LogP contribution is 2.20. The van der Waals surface area contributed by atoms with Gasteiger partial charge in [-0.2, -0.15) is 0 Å². The van der Waals surface area contributed by atoms with E-state index in [1.807, 2.05) is 0 Å². The van der Waals surface area contributed by atoms with Gasteiger partial charge in [0.25, 0.3) is 0 Å². The van der Waals surface area contributed by atoms with Gasteiger partial charge in [-0.3, -0.25) is 0 Å². The van der Waals surface area contributed by atoms with E-state index in [0.29, 0.717) is 11.3 Å². The Bertz CT molecular complexity index is 231. The van der Waals surface area contributed by atoms with Gasteiger partial charge in [0.2, 0.25) is 0 Å². The third kappa shape index (κ3) is 0.900. The van der Waals surface area contributed by atoms with E-state index in [2.05, 4.69) is 0 Å². The Hall–Kier alpha value is -1.25. The van der Waals surface area contributed by atoms with Crippen LogP contribution in [0.4, 0.5) is 15.8 Å². The molecule has 0 amide bonds. The predicted molar refractivity (Wildman–Crippen MR) is 40.0 cm³/mol. The van der Waals surface area contributed by atoms with Crippen molar-refractivity contribution in [3.8, 4) is 0 Å². The summed E-state index contributed by atoms with van der Waals surface area (Å²) in [5.74, 6) is -0.410. The normalized spacial score (nSPS) is 9.80. The van der Waals surface area contributed by atoms with E-state index >= 15 is 0 Å². The molecule has 1 aromatic carbocycles. The second kappa shape index (κ2) is 2.17. The monoisotopic (exact) mass is 140 g/mol. The first kappa shape index (κ1) is 6.86. The zero-order valence-corrected chi connectivity index (χ0v) is 5.69. The average Bonchev–Trinajstić information content (AvgIpc) is 1.93. The van der Waals surface area contributed by atoms with Crippen LogP contribution in [0.25, 0.3) is 0 Å². The molecule has 2 nitrogen and oxygen atoms in total. The van der Waals surface area contributed by atoms with Crippen LogP contribution in [0.1, 0.15) is 5.56 Å². The number of benzene rings is 1. The van der Waals surface area contributed by atoms with Crippen LogP contribution in [-0.4, -0.2) is 0 Å². The summed E-state index contributed by atoms with van der Waals surface area (Å²) in [6.07, 6.45) is 0. The lowest BCUT2D eigenvalue weighted by molar-refractivity contribution is 0.632. The summed E-state index contributed by atoms with van der Waals surface area (Å²) >= 11 is 0. The molecule has 0 spiro atoms. The minimum absolute atomic E-state index is 0.139. The van der Waals surface area contributed by atoms with E-state index in [9.17, 15) is 4.39 Å². The summed E-state index contributed by atoms with van der Waals surface area (Å²) in [5, 5.41) is 0. The molecule has 0 bridgehead atoms. The van der Waals surface area contributed by atoms with Crippen LogP contribution >= 0.6 is 0 Å². The van der Waals surface area contributed by atoms with Gasteiger partial charge in [0, 0.05) is 5.69 Å². The van der Waals surface area contributed by atoms with Gasteiger partial charge < -0.3 is 11.5 Å². The van der Waals surface area contributed by atoms with Gasteiger partial charge in [0.15, 0.2) is 0 Å². The van der Waals surface area contributed by atoms with Crippen LogP contribution < -0.4 is 11.5 Å². The molecule has 10 heavy (non-hydrogen) atoms. The van der Waals surface area contributed by atoms with Gasteiger partial charge in [-0.15, -0.1) is 0 Å². The molecule has 0 aromatic heterocycles. The fraction of sp³-hybridized carbons (Fsp3) is 0.143. The topological polar surface area (TPSA) is 52.0 Å². The van der Waals surface area contributed by atoms with E-state index in [1.54, 1.807) is 6.92 Å². The quantitative estimate of drug-likeness (QED) is 0.533. The van der Waals surface area contributed by atoms with Gasteiger partial charge in [0.1, 0.15) is 5.82 Å². The molecular formula is C7H9FN2. The van der Waals surface area contributed by atoms with Crippen LogP contribution in [0.15, 0.2) is 12.1 Å². The molecule has 1 rings (SSSR count). The zero-order chi connectivity index (χ0) is 7.72. The highest BCUT2D eigenvalue weighted by atomic mass is 19.1. The molecule has 0 atom stereocenters. The van der Waals surface area contributed by atoms with E-state index in [4.69, 9.17) is 11.5 Å². The van der Waals surface area contributed by atoms with Crippen molar-refractivity contribution in [1.29, 1.82) is 0 Å². The number of hydrogen-bond donors (Lipinski definition) is 2. The first-order valence-electron chi connectivity index (χ1n) is 2.93. The number of halogens is 1. The highest BCUT2D eigenvalue weighted by molar-refractivity contribution is 5.60.